The number of benzene rings is 8. The zero-order chi connectivity index (χ0) is 38.3. The largest absolute Gasteiger partial charge is 0.309 e. The van der Waals surface area contributed by atoms with Gasteiger partial charge in [0.1, 0.15) is 5.84 Å². The van der Waals surface area contributed by atoms with Crippen molar-refractivity contribution in [1.82, 2.24) is 9.13 Å². The van der Waals surface area contributed by atoms with Gasteiger partial charge in [-0.25, -0.2) is 4.99 Å². The molecular formula is C54H37N3S. The number of hydrogen-bond donors (Lipinski definition) is 0. The molecule has 0 saturated carbocycles. The maximum atomic E-state index is 5.77. The quantitative estimate of drug-likeness (QED) is 0.171. The van der Waals surface area contributed by atoms with Gasteiger partial charge in [0.25, 0.3) is 0 Å². The molecule has 3 nitrogen and oxygen atoms in total. The molecule has 3 aromatic heterocycles. The Labute approximate surface area is 340 Å². The van der Waals surface area contributed by atoms with Gasteiger partial charge in [0.2, 0.25) is 0 Å². The third kappa shape index (κ3) is 4.95. The number of thiophene rings is 1. The Bertz CT molecular complexity index is 3490. The summed E-state index contributed by atoms with van der Waals surface area (Å²) in [6.07, 6.45) is 3.42. The van der Waals surface area contributed by atoms with Crippen LogP contribution in [0.1, 0.15) is 24.5 Å². The maximum absolute atomic E-state index is 5.77. The number of para-hydroxylation sites is 3. The van der Waals surface area contributed by atoms with E-state index in [1.165, 1.54) is 97.3 Å². The molecule has 8 aromatic carbocycles. The second-order valence-electron chi connectivity index (χ2n) is 15.4. The number of rotatable bonds is 4. The lowest BCUT2D eigenvalue weighted by Crippen LogP contribution is -2.20. The Kier molecular flexibility index (Phi) is 7.44. The van der Waals surface area contributed by atoms with Gasteiger partial charge >= 0.3 is 0 Å². The molecule has 4 heteroatoms. The van der Waals surface area contributed by atoms with Gasteiger partial charge in [0.05, 0.1) is 27.8 Å². The Morgan fingerprint density at radius 1 is 0.483 bits per heavy atom. The summed E-state index contributed by atoms with van der Waals surface area (Å²) < 4.78 is 7.44. The molecule has 12 rings (SSSR count). The van der Waals surface area contributed by atoms with Crippen molar-refractivity contribution < 1.29 is 0 Å². The van der Waals surface area contributed by atoms with E-state index in [0.717, 1.165) is 17.9 Å². The van der Waals surface area contributed by atoms with Gasteiger partial charge in [-0.05, 0) is 83.3 Å². The molecule has 4 heterocycles. The number of nitrogens with zero attached hydrogens (tertiary/aromatic N) is 3. The molecule has 0 spiro atoms. The molecule has 58 heavy (non-hydrogen) atoms. The molecule has 0 N–H and O–H groups in total. The SMILES string of the molecule is CCC1C=C(c2ccccc2)c2c(ccc3c2sc2ccccc23)N=C1n1c2ccccc2c2ccc(-c3ccc4c(c3)c3ccccc3n4-c3ccccc3)cc21. The van der Waals surface area contributed by atoms with Crippen molar-refractivity contribution in [3.63, 3.8) is 0 Å². The highest BCUT2D eigenvalue weighted by molar-refractivity contribution is 7.26. The average molecular weight is 760 g/mol. The molecule has 1 atom stereocenters. The minimum absolute atomic E-state index is 0.0650. The van der Waals surface area contributed by atoms with E-state index in [-0.39, 0.29) is 5.92 Å². The van der Waals surface area contributed by atoms with Crippen molar-refractivity contribution in [1.29, 1.82) is 0 Å². The summed E-state index contributed by atoms with van der Waals surface area (Å²) in [6.45, 7) is 2.30. The van der Waals surface area contributed by atoms with Crippen LogP contribution < -0.4 is 0 Å². The van der Waals surface area contributed by atoms with Crippen molar-refractivity contribution in [3.05, 3.63) is 199 Å². The number of fused-ring (bicyclic) bond motifs is 11. The minimum Gasteiger partial charge on any atom is -0.309 e. The Morgan fingerprint density at radius 3 is 1.88 bits per heavy atom. The van der Waals surface area contributed by atoms with Crippen LogP contribution in [0.3, 0.4) is 0 Å². The maximum Gasteiger partial charge on any atom is 0.121 e. The van der Waals surface area contributed by atoms with E-state index in [9.17, 15) is 0 Å². The summed E-state index contributed by atoms with van der Waals surface area (Å²) in [4.78, 5) is 5.77. The molecule has 1 aliphatic heterocycles. The lowest BCUT2D eigenvalue weighted by atomic mass is 9.91. The van der Waals surface area contributed by atoms with Gasteiger partial charge in [-0.2, -0.15) is 0 Å². The number of allylic oxidation sites excluding steroid dienone is 1. The van der Waals surface area contributed by atoms with E-state index in [4.69, 9.17) is 4.99 Å². The molecule has 1 unspecified atom stereocenters. The van der Waals surface area contributed by atoms with Crippen LogP contribution in [-0.2, 0) is 0 Å². The average Bonchev–Trinajstić information content (AvgIpc) is 3.90. The lowest BCUT2D eigenvalue weighted by Gasteiger charge is -2.18. The molecule has 11 aromatic rings. The van der Waals surface area contributed by atoms with Gasteiger partial charge in [-0.3, -0.25) is 4.57 Å². The highest BCUT2D eigenvalue weighted by Gasteiger charge is 2.27. The number of aromatic nitrogens is 2. The van der Waals surface area contributed by atoms with Crippen molar-refractivity contribution in [2.24, 2.45) is 10.9 Å². The normalized spacial score (nSPS) is 14.4. The second-order valence-corrected chi connectivity index (χ2v) is 16.4. The first-order chi connectivity index (χ1) is 28.7. The first-order valence-electron chi connectivity index (χ1n) is 20.2. The van der Waals surface area contributed by atoms with Crippen LogP contribution in [0.2, 0.25) is 0 Å². The fraction of sp³-hybridized carbons (Fsp3) is 0.0556. The minimum atomic E-state index is 0.0650. The molecule has 0 saturated heterocycles. The first kappa shape index (κ1) is 33.2. The predicted octanol–water partition coefficient (Wildman–Crippen LogP) is 15.0. The highest BCUT2D eigenvalue weighted by Crippen LogP contribution is 2.47. The van der Waals surface area contributed by atoms with Gasteiger partial charge < -0.3 is 4.57 Å². The third-order valence-electron chi connectivity index (χ3n) is 12.2. The molecule has 0 aliphatic carbocycles. The van der Waals surface area contributed by atoms with Crippen LogP contribution in [0.25, 0.3) is 86.2 Å². The molecule has 0 bridgehead atoms. The topological polar surface area (TPSA) is 22.2 Å². The Hall–Kier alpha value is -7.01. The van der Waals surface area contributed by atoms with Crippen molar-refractivity contribution in [2.45, 2.75) is 13.3 Å². The van der Waals surface area contributed by atoms with E-state index in [0.29, 0.717) is 0 Å². The zero-order valence-corrected chi connectivity index (χ0v) is 32.7. The number of aliphatic imine (C=N–C) groups is 1. The molecule has 274 valence electrons. The van der Waals surface area contributed by atoms with Crippen molar-refractivity contribution >= 4 is 92.2 Å². The second kappa shape index (κ2) is 13.0. The van der Waals surface area contributed by atoms with Crippen LogP contribution in [-0.4, -0.2) is 15.0 Å². The van der Waals surface area contributed by atoms with E-state index >= 15 is 0 Å². The van der Waals surface area contributed by atoms with Gasteiger partial charge in [-0.1, -0.05) is 140 Å². The van der Waals surface area contributed by atoms with Gasteiger partial charge in [0, 0.05) is 58.9 Å². The lowest BCUT2D eigenvalue weighted by molar-refractivity contribution is 0.795. The summed E-state index contributed by atoms with van der Waals surface area (Å²) in [5.41, 5.74) is 13.0. The summed E-state index contributed by atoms with van der Waals surface area (Å²) in [5.74, 6) is 1.12. The van der Waals surface area contributed by atoms with Crippen LogP contribution in [0.4, 0.5) is 5.69 Å². The number of hydrogen-bond acceptors (Lipinski definition) is 2. The standard InChI is InChI=1S/C54H37N3S/c1-2-34-31-44(35-15-5-3-6-16-35)52-46(29-28-43-42-21-11-14-24-51(42)58-53(43)52)55-54(34)57-48-23-13-9-19-39(48)41-27-25-37(33-50(41)57)36-26-30-49-45(32-36)40-20-10-12-22-47(40)56(49)38-17-7-4-8-18-38/h3-34H,2H2,1H3. The fourth-order valence-corrected chi connectivity index (χ4v) is 10.7. The van der Waals surface area contributed by atoms with Crippen molar-refractivity contribution in [3.8, 4) is 16.8 Å². The molecule has 1 aliphatic rings. The molecule has 0 radical (unpaired) electrons. The van der Waals surface area contributed by atoms with Gasteiger partial charge in [0.15, 0.2) is 0 Å². The predicted molar refractivity (Wildman–Crippen MR) is 248 cm³/mol. The van der Waals surface area contributed by atoms with Crippen molar-refractivity contribution in [2.75, 3.05) is 0 Å². The Balaban J connectivity index is 1.10. The van der Waals surface area contributed by atoms with Crippen LogP contribution in [0, 0.1) is 5.92 Å². The summed E-state index contributed by atoms with van der Waals surface area (Å²) in [5, 5.41) is 7.56. The van der Waals surface area contributed by atoms with E-state index in [1.54, 1.807) is 0 Å². The smallest absolute Gasteiger partial charge is 0.121 e. The third-order valence-corrected chi connectivity index (χ3v) is 13.4. The molecular weight excluding hydrogens is 723 g/mol. The van der Waals surface area contributed by atoms with Crippen LogP contribution in [0.5, 0.6) is 0 Å². The monoisotopic (exact) mass is 759 g/mol. The Morgan fingerprint density at radius 2 is 1.09 bits per heavy atom. The summed E-state index contributed by atoms with van der Waals surface area (Å²) >= 11 is 1.88. The first-order valence-corrected chi connectivity index (χ1v) is 21.0. The van der Waals surface area contributed by atoms with E-state index in [1.807, 2.05) is 11.3 Å². The summed E-state index contributed by atoms with van der Waals surface area (Å²) in [6, 6.07) is 66.5. The molecule has 0 amide bonds. The summed E-state index contributed by atoms with van der Waals surface area (Å²) in [7, 11) is 0. The van der Waals surface area contributed by atoms with Crippen LogP contribution >= 0.6 is 11.3 Å². The van der Waals surface area contributed by atoms with Gasteiger partial charge in [-0.15, -0.1) is 11.3 Å². The highest BCUT2D eigenvalue weighted by atomic mass is 32.1. The van der Waals surface area contributed by atoms with Crippen LogP contribution in [0.15, 0.2) is 193 Å². The van der Waals surface area contributed by atoms with E-state index in [2.05, 4.69) is 204 Å². The molecule has 0 fully saturated rings. The zero-order valence-electron chi connectivity index (χ0n) is 31.9. The fourth-order valence-electron chi connectivity index (χ4n) is 9.48. The van der Waals surface area contributed by atoms with E-state index < -0.39 is 0 Å².